The van der Waals surface area contributed by atoms with Crippen molar-refractivity contribution < 1.29 is 42.6 Å². The Morgan fingerprint density at radius 2 is 1.23 bits per heavy atom. The molecule has 0 spiro atoms. The van der Waals surface area contributed by atoms with E-state index in [0.29, 0.717) is 67.2 Å². The first-order valence-corrected chi connectivity index (χ1v) is 21.3. The number of fused-ring (bicyclic) bond motifs is 1. The molecule has 8 rings (SSSR count). The maximum atomic E-state index is 12.6. The van der Waals surface area contributed by atoms with Crippen LogP contribution in [0.3, 0.4) is 0 Å². The predicted molar refractivity (Wildman–Crippen MR) is 266 cm³/mol. The molecular weight excluding hydrogens is 962 g/mol. The normalized spacial score (nSPS) is 16.0. The fourth-order valence-corrected chi connectivity index (χ4v) is 8.07. The number of hydrogen-bond acceptors (Lipinski definition) is 3. The minimum atomic E-state index is -3.51. The molecule has 1 N–H and O–H groups in total. The maximum Gasteiger partial charge on any atom is 0.148 e. The Morgan fingerprint density at radius 3 is 1.89 bits per heavy atom. The minimum absolute atomic E-state index is 0. The zero-order chi connectivity index (χ0) is 55.2. The van der Waals surface area contributed by atoms with E-state index in [4.69, 9.17) is 26.4 Å². The molecule has 64 heavy (non-hydrogen) atoms. The Morgan fingerprint density at radius 1 is 0.562 bits per heavy atom. The summed E-state index contributed by atoms with van der Waals surface area (Å²) in [6.07, 6.45) is 1.71. The summed E-state index contributed by atoms with van der Waals surface area (Å²) in [6, 6.07) is 41.3. The smallest absolute Gasteiger partial charge is 0.148 e. The van der Waals surface area contributed by atoms with Gasteiger partial charge in [-0.25, -0.2) is 4.98 Å². The molecule has 0 saturated heterocycles. The van der Waals surface area contributed by atoms with Crippen molar-refractivity contribution in [2.45, 2.75) is 111 Å². The summed E-state index contributed by atoms with van der Waals surface area (Å²) >= 11 is 0. The molecule has 0 saturated carbocycles. The van der Waals surface area contributed by atoms with E-state index in [1.54, 1.807) is 66.9 Å². The largest absolute Gasteiger partial charge is 0.507 e. The quantitative estimate of drug-likeness (QED) is 0.169. The molecule has 0 fully saturated rings. The van der Waals surface area contributed by atoms with Crippen LogP contribution in [-0.2, 0) is 42.7 Å². The van der Waals surface area contributed by atoms with Crippen molar-refractivity contribution in [3.63, 3.8) is 0 Å². The first kappa shape index (κ1) is 33.0. The van der Waals surface area contributed by atoms with E-state index in [0.717, 1.165) is 22.3 Å². The van der Waals surface area contributed by atoms with Crippen LogP contribution in [0.1, 0.15) is 127 Å². The summed E-state index contributed by atoms with van der Waals surface area (Å²) in [5.74, 6) is 0.316. The molecule has 0 amide bonds. The molecule has 2 aromatic heterocycles. The second kappa shape index (κ2) is 17.1. The molecule has 6 aromatic carbocycles. The molecular formula is C59H62N3OPt-. The van der Waals surface area contributed by atoms with Crippen LogP contribution in [0.2, 0.25) is 0 Å². The van der Waals surface area contributed by atoms with Gasteiger partial charge in [-0.15, -0.1) is 29.3 Å². The van der Waals surface area contributed by atoms with Crippen LogP contribution < -0.4 is 0 Å². The third-order valence-corrected chi connectivity index (χ3v) is 11.7. The third-order valence-electron chi connectivity index (χ3n) is 11.7. The molecule has 5 heteroatoms. The summed E-state index contributed by atoms with van der Waals surface area (Å²) in [4.78, 5) is 10.3. The average molecular weight is 1040 g/mol. The van der Waals surface area contributed by atoms with E-state index in [1.807, 2.05) is 67.8 Å². The number of aromatic hydroxyl groups is 1. The Labute approximate surface area is 413 Å². The van der Waals surface area contributed by atoms with Gasteiger partial charge in [-0.2, -0.15) is 0 Å². The second-order valence-electron chi connectivity index (χ2n) is 19.7. The molecule has 0 aliphatic carbocycles. The van der Waals surface area contributed by atoms with Crippen LogP contribution in [0.4, 0.5) is 0 Å². The maximum absolute atomic E-state index is 12.6. The van der Waals surface area contributed by atoms with E-state index < -0.39 is 49.2 Å². The first-order chi connectivity index (χ1) is 34.5. The van der Waals surface area contributed by atoms with E-state index in [-0.39, 0.29) is 37.8 Å². The predicted octanol–water partition coefficient (Wildman–Crippen LogP) is 15.8. The van der Waals surface area contributed by atoms with Gasteiger partial charge in [-0.3, -0.25) is 9.55 Å². The van der Waals surface area contributed by atoms with E-state index in [1.165, 1.54) is 12.1 Å². The van der Waals surface area contributed by atoms with Crippen molar-refractivity contribution in [3.05, 3.63) is 167 Å². The number of para-hydroxylation sites is 1. The number of hydrogen-bond donors (Lipinski definition) is 1. The summed E-state index contributed by atoms with van der Waals surface area (Å²) in [7, 11) is 0. The van der Waals surface area contributed by atoms with Crippen molar-refractivity contribution in [1.82, 2.24) is 14.5 Å². The van der Waals surface area contributed by atoms with Gasteiger partial charge in [-0.05, 0) is 86.7 Å². The summed E-state index contributed by atoms with van der Waals surface area (Å²) in [6.45, 7) is 5.92. The van der Waals surface area contributed by atoms with Gasteiger partial charge in [0.1, 0.15) is 11.6 Å². The SMILES string of the molecule is [2H]C([2H])([2H])c1ccc(-c2ccnc(-c3[c-]c(-c4cccc5c4nc(-c4cc(C(C)(C)C)cc(C(C)(C)C)c4O)n5-c4ccc(C(C([2H])([2H])[2H])(C([2H])([2H])[2H])C([2H])([2H])[2H])cc4-c4ccccc4)cc(C(C)(C)C)c3)c2)cc1.[Pt]. The zero-order valence-electron chi connectivity index (χ0n) is 49.8. The van der Waals surface area contributed by atoms with Crippen LogP contribution >= 0.6 is 0 Å². The van der Waals surface area contributed by atoms with Gasteiger partial charge >= 0.3 is 0 Å². The Bertz CT molecular complexity index is 3410. The Kier molecular flexibility index (Phi) is 8.81. The number of pyridine rings is 1. The van der Waals surface area contributed by atoms with Crippen molar-refractivity contribution >= 4 is 11.0 Å². The topological polar surface area (TPSA) is 50.9 Å². The number of aryl methyl sites for hydroxylation is 1. The standard InChI is InChI=1S/C59H62N3O.Pt/c1-37-22-24-38(25-23-37)40-28-29-60-50(33-40)42-30-41(31-44(32-42)57(5,6)7)46-20-17-21-52-53(46)61-55(48-35-45(58(8,9)10)36-49(54(48)63)59(11,12)13)62(52)51-27-26-43(56(2,3)4)34-47(51)39-18-15-14-16-19-39;/h14-29,31-36,63H,1-13H3;/q-1;/i1D3,2D3,3D3,4D3;. The first-order valence-electron chi connectivity index (χ1n) is 27.3. The van der Waals surface area contributed by atoms with Crippen LogP contribution in [-0.4, -0.2) is 19.6 Å². The van der Waals surface area contributed by atoms with Crippen molar-refractivity contribution in [1.29, 1.82) is 0 Å². The number of nitrogens with zero attached hydrogens (tertiary/aromatic N) is 3. The number of imidazole rings is 1. The van der Waals surface area contributed by atoms with Crippen LogP contribution in [0.5, 0.6) is 5.75 Å². The number of phenols is 1. The van der Waals surface area contributed by atoms with Gasteiger partial charge in [-0.1, -0.05) is 184 Å². The fraction of sp³-hybridized carbons (Fsp3) is 0.288. The van der Waals surface area contributed by atoms with Crippen LogP contribution in [0, 0.1) is 12.9 Å². The monoisotopic (exact) mass is 1040 g/mol. The zero-order valence-corrected chi connectivity index (χ0v) is 40.1. The molecule has 0 aliphatic heterocycles. The molecule has 0 radical (unpaired) electrons. The molecule has 330 valence electrons. The number of benzene rings is 6. The van der Waals surface area contributed by atoms with Gasteiger partial charge in [0.25, 0.3) is 0 Å². The van der Waals surface area contributed by atoms with Gasteiger partial charge in [0.05, 0.1) is 22.3 Å². The molecule has 0 atom stereocenters. The van der Waals surface area contributed by atoms with Gasteiger partial charge in [0.2, 0.25) is 0 Å². The van der Waals surface area contributed by atoms with Gasteiger partial charge in [0.15, 0.2) is 0 Å². The van der Waals surface area contributed by atoms with Crippen molar-refractivity contribution in [2.75, 3.05) is 0 Å². The molecule has 4 nitrogen and oxygen atoms in total. The van der Waals surface area contributed by atoms with E-state index >= 15 is 0 Å². The summed E-state index contributed by atoms with van der Waals surface area (Å²) in [5, 5.41) is 12.6. The van der Waals surface area contributed by atoms with E-state index in [9.17, 15) is 5.11 Å². The third kappa shape index (κ3) is 9.18. The molecule has 8 aromatic rings. The van der Waals surface area contributed by atoms with Gasteiger partial charge < -0.3 is 5.11 Å². The molecule has 2 heterocycles. The number of aromatic nitrogens is 3. The molecule has 0 unspecified atom stereocenters. The average Bonchev–Trinajstić information content (AvgIpc) is 3.68. The van der Waals surface area contributed by atoms with Crippen LogP contribution in [0.15, 0.2) is 134 Å². The number of phenolic OH excluding ortho intramolecular Hbond substituents is 1. The van der Waals surface area contributed by atoms with Gasteiger partial charge in [0, 0.05) is 60.5 Å². The molecule has 0 aliphatic rings. The minimum Gasteiger partial charge on any atom is -0.507 e. The molecule has 0 bridgehead atoms. The second-order valence-corrected chi connectivity index (χ2v) is 19.7. The van der Waals surface area contributed by atoms with Crippen LogP contribution in [0.25, 0.3) is 72.7 Å². The van der Waals surface area contributed by atoms with E-state index in [2.05, 4.69) is 59.7 Å². The van der Waals surface area contributed by atoms with Crippen molar-refractivity contribution in [2.24, 2.45) is 0 Å². The number of rotatable bonds is 6. The fourth-order valence-electron chi connectivity index (χ4n) is 8.07. The summed E-state index contributed by atoms with van der Waals surface area (Å²) < 4.78 is 103. The Balaban J connectivity index is 0.00000840. The Hall–Kier alpha value is -5.57. The summed E-state index contributed by atoms with van der Waals surface area (Å²) in [5.41, 5.74) is 4.96. The van der Waals surface area contributed by atoms with Crippen molar-refractivity contribution in [3.8, 4) is 67.5 Å².